The monoisotopic (exact) mass is 245 g/mol. The third-order valence-electron chi connectivity index (χ3n) is 2.79. The van der Waals surface area contributed by atoms with Gasteiger partial charge in [0, 0.05) is 13.0 Å². The molecule has 2 rings (SSSR count). The van der Waals surface area contributed by atoms with Gasteiger partial charge in [-0.1, -0.05) is 38.1 Å². The summed E-state index contributed by atoms with van der Waals surface area (Å²) in [5, 5.41) is 11.9. The van der Waals surface area contributed by atoms with Gasteiger partial charge in [0.2, 0.25) is 0 Å². The maximum atomic E-state index is 5.58. The Morgan fingerprint density at radius 1 is 1.17 bits per heavy atom. The average molecular weight is 245 g/mol. The molecule has 18 heavy (non-hydrogen) atoms. The van der Waals surface area contributed by atoms with Gasteiger partial charge in [-0.15, -0.1) is 5.10 Å². The van der Waals surface area contributed by atoms with E-state index in [-0.39, 0.29) is 0 Å². The van der Waals surface area contributed by atoms with Crippen LogP contribution in [0.2, 0.25) is 0 Å². The van der Waals surface area contributed by atoms with Crippen LogP contribution >= 0.6 is 0 Å². The van der Waals surface area contributed by atoms with Crippen LogP contribution in [0.25, 0.3) is 0 Å². The molecule has 5 heteroatoms. The molecule has 0 aliphatic carbocycles. The second-order valence-electron chi connectivity index (χ2n) is 4.87. The van der Waals surface area contributed by atoms with E-state index in [0.717, 1.165) is 17.8 Å². The fourth-order valence-corrected chi connectivity index (χ4v) is 1.81. The van der Waals surface area contributed by atoms with Crippen molar-refractivity contribution >= 4 is 0 Å². The molecule has 0 radical (unpaired) electrons. The second-order valence-corrected chi connectivity index (χ2v) is 4.87. The summed E-state index contributed by atoms with van der Waals surface area (Å²) in [7, 11) is 0. The van der Waals surface area contributed by atoms with E-state index in [0.29, 0.717) is 19.0 Å². The lowest BCUT2D eigenvalue weighted by Crippen LogP contribution is -2.09. The van der Waals surface area contributed by atoms with E-state index in [1.165, 1.54) is 5.56 Å². The normalized spacial score (nSPS) is 11.1. The average Bonchev–Trinajstić information content (AvgIpc) is 2.77. The van der Waals surface area contributed by atoms with E-state index >= 15 is 0 Å². The zero-order chi connectivity index (χ0) is 13.0. The molecule has 0 saturated heterocycles. The van der Waals surface area contributed by atoms with Crippen LogP contribution in [-0.2, 0) is 19.5 Å². The minimum absolute atomic E-state index is 0.550. The predicted molar refractivity (Wildman–Crippen MR) is 69.8 cm³/mol. The highest BCUT2D eigenvalue weighted by Gasteiger charge is 2.08. The summed E-state index contributed by atoms with van der Waals surface area (Å²) in [6.45, 7) is 5.60. The summed E-state index contributed by atoms with van der Waals surface area (Å²) >= 11 is 0. The summed E-state index contributed by atoms with van der Waals surface area (Å²) in [4.78, 5) is 0. The van der Waals surface area contributed by atoms with Crippen LogP contribution in [0.15, 0.2) is 24.3 Å². The minimum atomic E-state index is 0.550. The Kier molecular flexibility index (Phi) is 4.04. The molecule has 0 saturated carbocycles. The van der Waals surface area contributed by atoms with E-state index in [4.69, 9.17) is 5.73 Å². The Hall–Kier alpha value is -1.75. The molecule has 0 aliphatic rings. The molecule has 5 nitrogen and oxygen atoms in total. The Balaban J connectivity index is 2.10. The van der Waals surface area contributed by atoms with Gasteiger partial charge in [0.1, 0.15) is 0 Å². The Bertz CT molecular complexity index is 486. The second kappa shape index (κ2) is 5.73. The van der Waals surface area contributed by atoms with Crippen molar-refractivity contribution in [3.05, 3.63) is 41.2 Å². The smallest absolute Gasteiger partial charge is 0.151 e. The fourth-order valence-electron chi connectivity index (χ4n) is 1.81. The molecule has 0 aliphatic heterocycles. The molecule has 0 atom stereocenters. The van der Waals surface area contributed by atoms with Gasteiger partial charge >= 0.3 is 0 Å². The van der Waals surface area contributed by atoms with Crippen molar-refractivity contribution in [2.24, 2.45) is 11.7 Å². The van der Waals surface area contributed by atoms with Gasteiger partial charge in [-0.05, 0) is 27.5 Å². The molecule has 1 aromatic carbocycles. The van der Waals surface area contributed by atoms with Crippen LogP contribution in [0.1, 0.15) is 30.8 Å². The number of hydrogen-bond acceptors (Lipinski definition) is 4. The quantitative estimate of drug-likeness (QED) is 0.864. The molecule has 0 fully saturated rings. The molecule has 0 unspecified atom stereocenters. The minimum Gasteiger partial charge on any atom is -0.326 e. The van der Waals surface area contributed by atoms with Crippen molar-refractivity contribution < 1.29 is 0 Å². The number of nitrogens with zero attached hydrogens (tertiary/aromatic N) is 4. The van der Waals surface area contributed by atoms with Crippen LogP contribution in [0.5, 0.6) is 0 Å². The first kappa shape index (κ1) is 12.7. The first-order valence-corrected chi connectivity index (χ1v) is 6.22. The zero-order valence-electron chi connectivity index (χ0n) is 10.9. The highest BCUT2D eigenvalue weighted by Crippen LogP contribution is 2.08. The number of benzene rings is 1. The van der Waals surface area contributed by atoms with Gasteiger partial charge in [0.25, 0.3) is 0 Å². The molecule has 96 valence electrons. The van der Waals surface area contributed by atoms with Crippen molar-refractivity contribution in [1.82, 2.24) is 20.2 Å². The zero-order valence-corrected chi connectivity index (χ0v) is 10.9. The van der Waals surface area contributed by atoms with Gasteiger partial charge in [0.05, 0.1) is 6.54 Å². The summed E-state index contributed by atoms with van der Waals surface area (Å²) in [6.07, 6.45) is 0.897. The van der Waals surface area contributed by atoms with E-state index in [9.17, 15) is 0 Å². The Labute approximate surface area is 107 Å². The standard InChI is InChI=1S/C13H19N5/c1-10(2)7-13-15-16-17-18(13)9-12-5-3-11(8-14)4-6-12/h3-6,10H,7-9,14H2,1-2H3. The SMILES string of the molecule is CC(C)Cc1nnnn1Cc1ccc(CN)cc1. The lowest BCUT2D eigenvalue weighted by atomic mass is 10.1. The first-order valence-electron chi connectivity index (χ1n) is 6.22. The van der Waals surface area contributed by atoms with Crippen molar-refractivity contribution in [3.8, 4) is 0 Å². The highest BCUT2D eigenvalue weighted by molar-refractivity contribution is 5.22. The van der Waals surface area contributed by atoms with Crippen molar-refractivity contribution in [3.63, 3.8) is 0 Å². The number of hydrogen-bond donors (Lipinski definition) is 1. The molecule has 0 amide bonds. The largest absolute Gasteiger partial charge is 0.326 e. The molecule has 1 aromatic heterocycles. The van der Waals surface area contributed by atoms with Gasteiger partial charge in [-0.25, -0.2) is 4.68 Å². The highest BCUT2D eigenvalue weighted by atomic mass is 15.5. The molecule has 2 N–H and O–H groups in total. The maximum absolute atomic E-state index is 5.58. The number of rotatable bonds is 5. The molecule has 0 bridgehead atoms. The van der Waals surface area contributed by atoms with Crippen molar-refractivity contribution in [1.29, 1.82) is 0 Å². The third-order valence-corrected chi connectivity index (χ3v) is 2.79. The predicted octanol–water partition coefficient (Wildman–Crippen LogP) is 1.38. The number of nitrogens with two attached hydrogens (primary N) is 1. The van der Waals surface area contributed by atoms with Gasteiger partial charge in [-0.3, -0.25) is 0 Å². The van der Waals surface area contributed by atoms with E-state index in [1.807, 2.05) is 16.8 Å². The Morgan fingerprint density at radius 3 is 2.44 bits per heavy atom. The third kappa shape index (κ3) is 3.13. The van der Waals surface area contributed by atoms with Gasteiger partial charge < -0.3 is 5.73 Å². The van der Waals surface area contributed by atoms with Crippen LogP contribution in [-0.4, -0.2) is 20.2 Å². The van der Waals surface area contributed by atoms with Gasteiger partial charge in [0.15, 0.2) is 5.82 Å². The lowest BCUT2D eigenvalue weighted by Gasteiger charge is -2.07. The van der Waals surface area contributed by atoms with E-state index in [2.05, 4.69) is 41.5 Å². The fraction of sp³-hybridized carbons (Fsp3) is 0.462. The maximum Gasteiger partial charge on any atom is 0.151 e. The lowest BCUT2D eigenvalue weighted by molar-refractivity contribution is 0.560. The van der Waals surface area contributed by atoms with Crippen molar-refractivity contribution in [2.45, 2.75) is 33.4 Å². The van der Waals surface area contributed by atoms with Gasteiger partial charge in [-0.2, -0.15) is 0 Å². The van der Waals surface area contributed by atoms with Crippen LogP contribution in [0.3, 0.4) is 0 Å². The first-order chi connectivity index (χ1) is 8.69. The molecule has 1 heterocycles. The van der Waals surface area contributed by atoms with Crippen LogP contribution in [0.4, 0.5) is 0 Å². The molecule has 0 spiro atoms. The van der Waals surface area contributed by atoms with Crippen LogP contribution < -0.4 is 5.73 Å². The topological polar surface area (TPSA) is 69.6 Å². The number of tetrazole rings is 1. The summed E-state index contributed by atoms with van der Waals surface area (Å²) in [5.74, 6) is 1.49. The van der Waals surface area contributed by atoms with Crippen LogP contribution in [0, 0.1) is 5.92 Å². The molecule has 2 aromatic rings. The van der Waals surface area contributed by atoms with Crippen molar-refractivity contribution in [2.75, 3.05) is 0 Å². The molecular weight excluding hydrogens is 226 g/mol. The van der Waals surface area contributed by atoms with E-state index < -0.39 is 0 Å². The molecular formula is C13H19N5. The summed E-state index contributed by atoms with van der Waals surface area (Å²) < 4.78 is 1.86. The Morgan fingerprint density at radius 2 is 1.83 bits per heavy atom. The number of aromatic nitrogens is 4. The summed E-state index contributed by atoms with van der Waals surface area (Å²) in [6, 6.07) is 8.23. The van der Waals surface area contributed by atoms with E-state index in [1.54, 1.807) is 0 Å². The summed E-state index contributed by atoms with van der Waals surface area (Å²) in [5.41, 5.74) is 7.90.